The molecule has 5 nitrogen and oxygen atoms in total. The summed E-state index contributed by atoms with van der Waals surface area (Å²) < 4.78 is 28.0. The van der Waals surface area contributed by atoms with Crippen LogP contribution >= 0.6 is 0 Å². The predicted molar refractivity (Wildman–Crippen MR) is 128 cm³/mol. The fourth-order valence-corrected chi connectivity index (χ4v) is 8.51. The lowest BCUT2D eigenvalue weighted by Crippen LogP contribution is -2.46. The van der Waals surface area contributed by atoms with Crippen LogP contribution in [0.1, 0.15) is 55.2 Å². The van der Waals surface area contributed by atoms with Gasteiger partial charge in [0.25, 0.3) is 0 Å². The quantitative estimate of drug-likeness (QED) is 0.709. The molecule has 0 aromatic heterocycles. The first-order valence-electron chi connectivity index (χ1n) is 12.0. The largest absolute Gasteiger partial charge is 0.508 e. The smallest absolute Gasteiger partial charge is 0.242 e. The monoisotopic (exact) mass is 467 g/mol. The number of phenols is 1. The van der Waals surface area contributed by atoms with E-state index in [1.807, 2.05) is 19.1 Å². The summed E-state index contributed by atoms with van der Waals surface area (Å²) in [6.07, 6.45) is 4.17. The second kappa shape index (κ2) is 7.95. The molecule has 2 aromatic rings. The summed E-state index contributed by atoms with van der Waals surface area (Å²) in [7, 11) is -1.96. The Kier molecular flexibility index (Phi) is 5.44. The van der Waals surface area contributed by atoms with Gasteiger partial charge in [0, 0.05) is 25.4 Å². The highest BCUT2D eigenvalue weighted by Gasteiger charge is 2.58. The van der Waals surface area contributed by atoms with Crippen molar-refractivity contribution in [1.29, 1.82) is 0 Å². The van der Waals surface area contributed by atoms with Crippen molar-refractivity contribution in [3.8, 4) is 5.75 Å². The van der Waals surface area contributed by atoms with E-state index < -0.39 is 10.0 Å². The van der Waals surface area contributed by atoms with E-state index in [4.69, 9.17) is 0 Å². The fourth-order valence-electron chi connectivity index (χ4n) is 7.17. The second-order valence-electron chi connectivity index (χ2n) is 10.7. The molecule has 176 valence electrons. The third kappa shape index (κ3) is 3.62. The van der Waals surface area contributed by atoms with Crippen molar-refractivity contribution in [3.63, 3.8) is 0 Å². The standard InChI is InChI=1S/C27H33NO4S/c1-17-5-4-6-21(13-17)33(31,32)28(3)16-19-15-25(30)27(2)12-11-23-22-10-8-20(29)14-18(22)7-9-24(23)26(19)27/h4-6,8,10,13-14,19,23-24,26,29H,7,9,11-12,15-16H2,1-3H3/t19-,23?,24?,26?,27-/m1/s1. The number of aromatic hydroxyl groups is 1. The highest BCUT2D eigenvalue weighted by atomic mass is 32.2. The molecule has 6 heteroatoms. The number of phenolic OH excluding ortho intramolecular Hbond substituents is 1. The van der Waals surface area contributed by atoms with Crippen molar-refractivity contribution < 1.29 is 18.3 Å². The molecule has 0 heterocycles. The lowest BCUT2D eigenvalue weighted by Gasteiger charge is -2.50. The Morgan fingerprint density at radius 2 is 1.94 bits per heavy atom. The van der Waals surface area contributed by atoms with Gasteiger partial charge >= 0.3 is 0 Å². The molecule has 3 aliphatic rings. The molecule has 0 amide bonds. The van der Waals surface area contributed by atoms with Crippen LogP contribution in [-0.2, 0) is 21.2 Å². The van der Waals surface area contributed by atoms with E-state index in [0.717, 1.165) is 31.2 Å². The van der Waals surface area contributed by atoms with Crippen LogP contribution in [0.4, 0.5) is 0 Å². The maximum Gasteiger partial charge on any atom is 0.242 e. The summed E-state index contributed by atoms with van der Waals surface area (Å²) in [6, 6.07) is 12.7. The normalized spacial score (nSPS) is 31.2. The van der Waals surface area contributed by atoms with Crippen molar-refractivity contribution in [2.24, 2.45) is 23.2 Å². The van der Waals surface area contributed by atoms with Gasteiger partial charge in [-0.05, 0) is 97.2 Å². The number of carbonyl (C=O) groups excluding carboxylic acids is 1. The van der Waals surface area contributed by atoms with E-state index in [-0.39, 0.29) is 17.3 Å². The summed E-state index contributed by atoms with van der Waals surface area (Å²) in [5.74, 6) is 1.56. The highest BCUT2D eigenvalue weighted by molar-refractivity contribution is 7.89. The Labute approximate surface area is 196 Å². The molecule has 2 aromatic carbocycles. The molecule has 0 bridgehead atoms. The van der Waals surface area contributed by atoms with Gasteiger partial charge in [-0.2, -0.15) is 0 Å². The van der Waals surface area contributed by atoms with Crippen molar-refractivity contribution >= 4 is 15.8 Å². The third-order valence-corrected chi connectivity index (χ3v) is 10.6. The van der Waals surface area contributed by atoms with Crippen LogP contribution in [0.25, 0.3) is 0 Å². The molecule has 0 radical (unpaired) electrons. The molecule has 2 saturated carbocycles. The molecule has 33 heavy (non-hydrogen) atoms. The molecule has 2 fully saturated rings. The van der Waals surface area contributed by atoms with Crippen molar-refractivity contribution in [1.82, 2.24) is 4.31 Å². The van der Waals surface area contributed by atoms with Crippen LogP contribution in [0.5, 0.6) is 5.75 Å². The number of ketones is 1. The van der Waals surface area contributed by atoms with Gasteiger partial charge in [0.05, 0.1) is 4.90 Å². The molecule has 3 unspecified atom stereocenters. The summed E-state index contributed by atoms with van der Waals surface area (Å²) in [4.78, 5) is 13.6. The number of Topliss-reactive ketones (excluding diaryl/α,β-unsaturated/α-hetero) is 1. The number of fused-ring (bicyclic) bond motifs is 5. The zero-order chi connectivity index (χ0) is 23.5. The topological polar surface area (TPSA) is 74.7 Å². The molecule has 0 spiro atoms. The predicted octanol–water partition coefficient (Wildman–Crippen LogP) is 4.67. The summed E-state index contributed by atoms with van der Waals surface area (Å²) in [5, 5.41) is 9.93. The maximum absolute atomic E-state index is 13.3. The van der Waals surface area contributed by atoms with E-state index >= 15 is 0 Å². The van der Waals surface area contributed by atoms with Gasteiger partial charge in [-0.1, -0.05) is 25.1 Å². The number of aryl methyl sites for hydroxylation is 2. The Morgan fingerprint density at radius 1 is 1.15 bits per heavy atom. The molecule has 1 N–H and O–H groups in total. The minimum Gasteiger partial charge on any atom is -0.508 e. The second-order valence-corrected chi connectivity index (χ2v) is 12.7. The van der Waals surface area contributed by atoms with Crippen LogP contribution < -0.4 is 0 Å². The van der Waals surface area contributed by atoms with E-state index in [0.29, 0.717) is 41.2 Å². The molecule has 0 aliphatic heterocycles. The summed E-state index contributed by atoms with van der Waals surface area (Å²) >= 11 is 0. The average Bonchev–Trinajstić information content (AvgIpc) is 3.03. The number of hydrogen-bond donors (Lipinski definition) is 1. The minimum absolute atomic E-state index is 0.0264. The van der Waals surface area contributed by atoms with Gasteiger partial charge < -0.3 is 5.11 Å². The molecule has 0 saturated heterocycles. The number of hydrogen-bond acceptors (Lipinski definition) is 4. The van der Waals surface area contributed by atoms with Crippen LogP contribution in [0, 0.1) is 30.1 Å². The van der Waals surface area contributed by atoms with E-state index in [9.17, 15) is 18.3 Å². The van der Waals surface area contributed by atoms with E-state index in [2.05, 4.69) is 13.0 Å². The number of rotatable bonds is 4. The fraction of sp³-hybridized carbons (Fsp3) is 0.519. The Balaban J connectivity index is 1.45. The van der Waals surface area contributed by atoms with Gasteiger partial charge in [0.1, 0.15) is 11.5 Å². The van der Waals surface area contributed by atoms with Crippen molar-refractivity contribution in [2.45, 2.75) is 56.8 Å². The van der Waals surface area contributed by atoms with Gasteiger partial charge in [0.2, 0.25) is 10.0 Å². The maximum atomic E-state index is 13.3. The van der Waals surface area contributed by atoms with E-state index in [1.165, 1.54) is 15.4 Å². The number of sulfonamides is 1. The van der Waals surface area contributed by atoms with Crippen LogP contribution in [0.2, 0.25) is 0 Å². The first-order valence-corrected chi connectivity index (χ1v) is 13.4. The summed E-state index contributed by atoms with van der Waals surface area (Å²) in [6.45, 7) is 4.38. The Morgan fingerprint density at radius 3 is 2.70 bits per heavy atom. The first kappa shape index (κ1) is 22.6. The lowest BCUT2D eigenvalue weighted by molar-refractivity contribution is -0.129. The number of carbonyl (C=O) groups is 1. The minimum atomic E-state index is -3.61. The first-order chi connectivity index (χ1) is 15.6. The SMILES string of the molecule is Cc1cccc(S(=O)(=O)N(C)C[C@H]2CC(=O)[C@@]3(C)CCC4c5ccc(O)cc5CCC4C23)c1. The molecule has 5 rings (SSSR count). The zero-order valence-electron chi connectivity index (χ0n) is 19.6. The third-order valence-electron chi connectivity index (χ3n) is 8.74. The Bertz CT molecular complexity index is 1210. The molecule has 3 aliphatic carbocycles. The summed E-state index contributed by atoms with van der Waals surface area (Å²) in [5.41, 5.74) is 3.08. The van der Waals surface area contributed by atoms with Crippen molar-refractivity contribution in [3.05, 3.63) is 59.2 Å². The number of nitrogens with zero attached hydrogens (tertiary/aromatic N) is 1. The van der Waals surface area contributed by atoms with Crippen molar-refractivity contribution in [2.75, 3.05) is 13.6 Å². The Hall–Kier alpha value is -2.18. The zero-order valence-corrected chi connectivity index (χ0v) is 20.4. The van der Waals surface area contributed by atoms with Gasteiger partial charge in [-0.3, -0.25) is 4.79 Å². The van der Waals surface area contributed by atoms with E-state index in [1.54, 1.807) is 31.3 Å². The van der Waals surface area contributed by atoms with Crippen LogP contribution in [0.15, 0.2) is 47.4 Å². The van der Waals surface area contributed by atoms with Gasteiger partial charge in [-0.25, -0.2) is 12.7 Å². The molecular weight excluding hydrogens is 434 g/mol. The lowest BCUT2D eigenvalue weighted by atomic mass is 9.54. The van der Waals surface area contributed by atoms with Gasteiger partial charge in [0.15, 0.2) is 0 Å². The molecule has 5 atom stereocenters. The van der Waals surface area contributed by atoms with Crippen LogP contribution in [-0.4, -0.2) is 37.2 Å². The average molecular weight is 468 g/mol. The van der Waals surface area contributed by atoms with Crippen LogP contribution in [0.3, 0.4) is 0 Å². The highest BCUT2D eigenvalue weighted by Crippen LogP contribution is 2.61. The van der Waals surface area contributed by atoms with Gasteiger partial charge in [-0.15, -0.1) is 0 Å². The molecular formula is C27H33NO4S. The number of benzene rings is 2.